The summed E-state index contributed by atoms with van der Waals surface area (Å²) in [6.07, 6.45) is -10.8. The number of nitrogen functional groups attached to an aromatic ring is 1. The Labute approximate surface area is 152 Å². The third kappa shape index (κ3) is 6.00. The van der Waals surface area contributed by atoms with E-state index in [9.17, 15) is 35.9 Å². The highest BCUT2D eigenvalue weighted by Crippen LogP contribution is 2.42. The molecule has 0 saturated heterocycles. The minimum atomic E-state index is -5.48. The van der Waals surface area contributed by atoms with Crippen LogP contribution in [0.25, 0.3) is 0 Å². The molecule has 156 valence electrons. The summed E-state index contributed by atoms with van der Waals surface area (Å²) >= 11 is 0. The van der Waals surface area contributed by atoms with Crippen molar-refractivity contribution in [3.63, 3.8) is 0 Å². The van der Waals surface area contributed by atoms with Gasteiger partial charge in [-0.3, -0.25) is 5.41 Å². The predicted molar refractivity (Wildman–Crippen MR) is 80.0 cm³/mol. The predicted octanol–water partition coefficient (Wildman–Crippen LogP) is 1.63. The molecular formula is C14H13F6N3O5. The number of hydrogen-bond donors (Lipinski definition) is 3. The average molecular weight is 417 g/mol. The van der Waals surface area contributed by atoms with E-state index >= 15 is 0 Å². The highest BCUT2D eigenvalue weighted by Gasteiger charge is 2.44. The first-order valence-corrected chi connectivity index (χ1v) is 7.21. The van der Waals surface area contributed by atoms with Gasteiger partial charge in [-0.05, 0) is 25.1 Å². The van der Waals surface area contributed by atoms with Crippen molar-refractivity contribution in [3.8, 4) is 17.2 Å². The summed E-state index contributed by atoms with van der Waals surface area (Å²) in [7, 11) is 0. The Kier molecular flexibility index (Phi) is 7.21. The van der Waals surface area contributed by atoms with Gasteiger partial charge in [-0.2, -0.15) is 26.3 Å². The van der Waals surface area contributed by atoms with Crippen molar-refractivity contribution < 1.29 is 50.1 Å². The number of hydrogen-bond acceptors (Lipinski definition) is 7. The number of benzene rings is 1. The summed E-state index contributed by atoms with van der Waals surface area (Å²) in [5, 5.41) is 7.34. The molecule has 0 atom stereocenters. The van der Waals surface area contributed by atoms with Crippen molar-refractivity contribution in [2.45, 2.75) is 18.8 Å². The zero-order valence-electron chi connectivity index (χ0n) is 13.7. The Bertz CT molecular complexity index is 763. The number of alkyl halides is 6. The topological polar surface area (TPSA) is 138 Å². The standard InChI is InChI=1S/C14H13F6N3O5/c15-13(16,17)11(24)27-7-3-2-6(10(22)23)8(9(7)26-5-1-4-21)28-12(25)14(18,19)20/h2-3H,1,4-5,21H2,(H3,22,23). The Hall–Kier alpha value is -3.03. The van der Waals surface area contributed by atoms with Crippen LogP contribution in [0, 0.1) is 5.41 Å². The summed E-state index contributed by atoms with van der Waals surface area (Å²) in [4.78, 5) is 22.2. The van der Waals surface area contributed by atoms with Crippen LogP contribution in [0.2, 0.25) is 0 Å². The molecule has 14 heteroatoms. The molecule has 0 aliphatic rings. The van der Waals surface area contributed by atoms with Crippen LogP contribution >= 0.6 is 0 Å². The Balaban J connectivity index is 3.51. The Morgan fingerprint density at radius 3 is 1.96 bits per heavy atom. The maximum absolute atomic E-state index is 12.5. The van der Waals surface area contributed by atoms with Gasteiger partial charge in [0.15, 0.2) is 11.5 Å². The van der Waals surface area contributed by atoms with Crippen molar-refractivity contribution >= 4 is 17.8 Å². The van der Waals surface area contributed by atoms with E-state index in [0.29, 0.717) is 6.07 Å². The number of rotatable bonds is 7. The molecule has 0 bridgehead atoms. The zero-order chi connectivity index (χ0) is 21.7. The maximum atomic E-state index is 12.5. The number of nitrogens with one attached hydrogen (secondary N) is 1. The van der Waals surface area contributed by atoms with Gasteiger partial charge < -0.3 is 25.7 Å². The smallest absolute Gasteiger partial charge is 0.486 e. The lowest BCUT2D eigenvalue weighted by atomic mass is 10.1. The quantitative estimate of drug-likeness (QED) is 0.153. The van der Waals surface area contributed by atoms with Crippen LogP contribution < -0.4 is 25.7 Å². The van der Waals surface area contributed by atoms with Crippen molar-refractivity contribution in [3.05, 3.63) is 17.7 Å². The summed E-state index contributed by atoms with van der Waals surface area (Å²) in [5.41, 5.74) is 9.79. The van der Waals surface area contributed by atoms with Gasteiger partial charge in [-0.15, -0.1) is 0 Å². The van der Waals surface area contributed by atoms with Crippen molar-refractivity contribution in [1.82, 2.24) is 0 Å². The molecule has 1 rings (SSSR count). The Morgan fingerprint density at radius 1 is 0.964 bits per heavy atom. The molecule has 0 fully saturated rings. The molecular weight excluding hydrogens is 404 g/mol. The average Bonchev–Trinajstić information content (AvgIpc) is 2.55. The number of carbonyl (C=O) groups is 2. The first-order valence-electron chi connectivity index (χ1n) is 7.21. The molecule has 0 radical (unpaired) electrons. The molecule has 0 aliphatic heterocycles. The molecule has 0 amide bonds. The highest BCUT2D eigenvalue weighted by atomic mass is 19.4. The van der Waals surface area contributed by atoms with Gasteiger partial charge in [0.1, 0.15) is 5.84 Å². The van der Waals surface area contributed by atoms with E-state index < -0.39 is 52.9 Å². The van der Waals surface area contributed by atoms with E-state index in [0.717, 1.165) is 6.07 Å². The number of carbonyl (C=O) groups excluding carboxylic acids is 2. The second kappa shape index (κ2) is 8.77. The van der Waals surface area contributed by atoms with Gasteiger partial charge in [0.25, 0.3) is 0 Å². The first kappa shape index (κ1) is 23.0. The SMILES string of the molecule is N=C(N)c1ccc(OC(=O)C(F)(F)F)c(OCCCN)c1OC(=O)C(F)(F)F. The van der Waals surface area contributed by atoms with Crippen molar-refractivity contribution in [1.29, 1.82) is 5.41 Å². The number of ether oxygens (including phenoxy) is 3. The number of esters is 2. The number of halogens is 6. The fraction of sp³-hybridized carbons (Fsp3) is 0.357. The summed E-state index contributed by atoms with van der Waals surface area (Å²) in [6, 6.07) is 1.40. The molecule has 1 aromatic carbocycles. The van der Waals surface area contributed by atoms with E-state index in [4.69, 9.17) is 21.6 Å². The van der Waals surface area contributed by atoms with Gasteiger partial charge in [-0.1, -0.05) is 0 Å². The molecule has 0 aliphatic carbocycles. The zero-order valence-corrected chi connectivity index (χ0v) is 13.7. The van der Waals surface area contributed by atoms with E-state index in [1.54, 1.807) is 0 Å². The molecule has 0 saturated carbocycles. The third-order valence-corrected chi connectivity index (χ3v) is 2.82. The minimum absolute atomic E-state index is 0.0295. The normalized spacial score (nSPS) is 11.7. The largest absolute Gasteiger partial charge is 0.491 e. The molecule has 28 heavy (non-hydrogen) atoms. The molecule has 0 heterocycles. The van der Waals surface area contributed by atoms with Crippen LogP contribution in [0.5, 0.6) is 17.2 Å². The lowest BCUT2D eigenvalue weighted by Gasteiger charge is -2.18. The van der Waals surface area contributed by atoms with E-state index in [1.807, 2.05) is 0 Å². The summed E-state index contributed by atoms with van der Waals surface area (Å²) in [5.74, 6) is -9.48. The Morgan fingerprint density at radius 2 is 1.50 bits per heavy atom. The van der Waals surface area contributed by atoms with Crippen molar-refractivity contribution in [2.24, 2.45) is 11.5 Å². The van der Waals surface area contributed by atoms with Crippen LogP contribution in [0.15, 0.2) is 12.1 Å². The van der Waals surface area contributed by atoms with Crippen LogP contribution in [0.4, 0.5) is 26.3 Å². The molecule has 0 aromatic heterocycles. The van der Waals surface area contributed by atoms with Crippen LogP contribution in [0.1, 0.15) is 12.0 Å². The fourth-order valence-electron chi connectivity index (χ4n) is 1.64. The van der Waals surface area contributed by atoms with Gasteiger partial charge in [0.05, 0.1) is 12.2 Å². The van der Waals surface area contributed by atoms with E-state index in [-0.39, 0.29) is 19.6 Å². The van der Waals surface area contributed by atoms with E-state index in [2.05, 4.69) is 9.47 Å². The fourth-order valence-corrected chi connectivity index (χ4v) is 1.64. The first-order chi connectivity index (χ1) is 12.8. The summed E-state index contributed by atoms with van der Waals surface area (Å²) in [6.45, 7) is -0.327. The maximum Gasteiger partial charge on any atom is 0.491 e. The molecule has 5 N–H and O–H groups in total. The van der Waals surface area contributed by atoms with Gasteiger partial charge >= 0.3 is 24.3 Å². The molecule has 8 nitrogen and oxygen atoms in total. The van der Waals surface area contributed by atoms with Crippen LogP contribution in [-0.4, -0.2) is 43.3 Å². The highest BCUT2D eigenvalue weighted by molar-refractivity contribution is 6.00. The molecule has 0 unspecified atom stereocenters. The van der Waals surface area contributed by atoms with Gasteiger partial charge in [0.2, 0.25) is 5.75 Å². The number of nitrogens with two attached hydrogens (primary N) is 2. The van der Waals surface area contributed by atoms with E-state index in [1.165, 1.54) is 0 Å². The molecule has 0 spiro atoms. The van der Waals surface area contributed by atoms with Gasteiger partial charge in [0, 0.05) is 0 Å². The third-order valence-electron chi connectivity index (χ3n) is 2.82. The number of amidine groups is 1. The monoisotopic (exact) mass is 417 g/mol. The van der Waals surface area contributed by atoms with Crippen LogP contribution in [0.3, 0.4) is 0 Å². The van der Waals surface area contributed by atoms with Gasteiger partial charge in [-0.25, -0.2) is 9.59 Å². The van der Waals surface area contributed by atoms with Crippen molar-refractivity contribution in [2.75, 3.05) is 13.2 Å². The molecule has 1 aromatic rings. The lowest BCUT2D eigenvalue weighted by molar-refractivity contribution is -0.190. The minimum Gasteiger partial charge on any atom is -0.486 e. The lowest BCUT2D eigenvalue weighted by Crippen LogP contribution is -2.30. The summed E-state index contributed by atoms with van der Waals surface area (Å²) < 4.78 is 88.1. The van der Waals surface area contributed by atoms with Crippen LogP contribution in [-0.2, 0) is 9.59 Å². The second-order valence-corrected chi connectivity index (χ2v) is 4.95. The second-order valence-electron chi connectivity index (χ2n) is 4.95.